The zero-order valence-electron chi connectivity index (χ0n) is 12.2. The van der Waals surface area contributed by atoms with E-state index >= 15 is 0 Å². The Balaban J connectivity index is 1.97. The molecule has 0 bridgehead atoms. The van der Waals surface area contributed by atoms with Crippen molar-refractivity contribution in [1.29, 1.82) is 0 Å². The number of halogens is 1. The number of para-hydroxylation sites is 1. The molecule has 0 fully saturated rings. The molecule has 1 heterocycles. The van der Waals surface area contributed by atoms with Crippen molar-refractivity contribution < 1.29 is 4.74 Å². The van der Waals surface area contributed by atoms with Crippen LogP contribution in [0.4, 0.5) is 0 Å². The van der Waals surface area contributed by atoms with E-state index < -0.39 is 5.60 Å². The van der Waals surface area contributed by atoms with Gasteiger partial charge in [0.2, 0.25) is 0 Å². The Hall–Kier alpha value is -2.25. The second-order valence-corrected chi connectivity index (χ2v) is 6.12. The molecule has 1 aliphatic heterocycles. The highest BCUT2D eigenvalue weighted by atomic mass is 35.5. The lowest BCUT2D eigenvalue weighted by molar-refractivity contribution is 0.129. The van der Waals surface area contributed by atoms with Gasteiger partial charge >= 0.3 is 0 Å². The molecule has 0 saturated heterocycles. The van der Waals surface area contributed by atoms with E-state index in [1.807, 2.05) is 42.5 Å². The summed E-state index contributed by atoms with van der Waals surface area (Å²) in [7, 11) is 0. The van der Waals surface area contributed by atoms with Crippen LogP contribution in [0.15, 0.2) is 72.8 Å². The summed E-state index contributed by atoms with van der Waals surface area (Å²) in [5.74, 6) is 0.915. The van der Waals surface area contributed by atoms with Gasteiger partial charge in [-0.15, -0.1) is 0 Å². The molecule has 108 valence electrons. The van der Waals surface area contributed by atoms with Gasteiger partial charge in [-0.3, -0.25) is 0 Å². The Labute approximate surface area is 135 Å². The van der Waals surface area contributed by atoms with Crippen LogP contribution < -0.4 is 4.74 Å². The fraction of sp³-hybridized carbons (Fsp3) is 0.100. The maximum absolute atomic E-state index is 6.43. The molecule has 3 aromatic carbocycles. The van der Waals surface area contributed by atoms with Gasteiger partial charge in [0, 0.05) is 16.1 Å². The molecule has 22 heavy (non-hydrogen) atoms. The Morgan fingerprint density at radius 2 is 1.41 bits per heavy atom. The highest BCUT2D eigenvalue weighted by molar-refractivity contribution is 6.30. The minimum atomic E-state index is -0.518. The van der Waals surface area contributed by atoms with E-state index in [1.165, 1.54) is 11.1 Å². The minimum absolute atomic E-state index is 0.518. The number of rotatable bonds is 1. The molecule has 2 heteroatoms. The monoisotopic (exact) mass is 306 g/mol. The summed E-state index contributed by atoms with van der Waals surface area (Å²) in [6.07, 6.45) is 0. The third-order valence-corrected chi connectivity index (χ3v) is 4.58. The van der Waals surface area contributed by atoms with Crippen molar-refractivity contribution in [3.63, 3.8) is 0 Å². The number of benzene rings is 3. The fourth-order valence-corrected chi connectivity index (χ4v) is 3.30. The van der Waals surface area contributed by atoms with Crippen LogP contribution in [0.1, 0.15) is 18.1 Å². The van der Waals surface area contributed by atoms with E-state index in [2.05, 4.69) is 37.3 Å². The van der Waals surface area contributed by atoms with Crippen molar-refractivity contribution in [2.24, 2.45) is 0 Å². The Bertz CT molecular complexity index is 838. The van der Waals surface area contributed by atoms with E-state index in [0.717, 1.165) is 21.9 Å². The van der Waals surface area contributed by atoms with Gasteiger partial charge < -0.3 is 4.74 Å². The molecule has 4 rings (SSSR count). The molecule has 0 aliphatic carbocycles. The summed E-state index contributed by atoms with van der Waals surface area (Å²) in [5.41, 5.74) is 4.12. The quantitative estimate of drug-likeness (QED) is 0.563. The van der Waals surface area contributed by atoms with Crippen LogP contribution in [0, 0.1) is 0 Å². The van der Waals surface area contributed by atoms with Gasteiger partial charge in [-0.1, -0.05) is 66.2 Å². The average Bonchev–Trinajstić information content (AvgIpc) is 2.56. The first-order valence-electron chi connectivity index (χ1n) is 7.32. The molecule has 0 aromatic heterocycles. The standard InChI is InChI=1S/C20H15ClO/c1-20(14-10-12-15(21)13-11-14)18-8-4-2-6-16(18)17-7-3-5-9-19(17)22-20/h2-13H,1H3. The molecule has 1 aliphatic rings. The second kappa shape index (κ2) is 4.89. The van der Waals surface area contributed by atoms with E-state index in [9.17, 15) is 0 Å². The molecule has 1 atom stereocenters. The van der Waals surface area contributed by atoms with Crippen LogP contribution in [0.25, 0.3) is 11.1 Å². The van der Waals surface area contributed by atoms with Gasteiger partial charge in [0.05, 0.1) is 0 Å². The number of ether oxygens (including phenoxy) is 1. The van der Waals surface area contributed by atoms with Crippen LogP contribution in [-0.2, 0) is 5.60 Å². The molecule has 0 amide bonds. The van der Waals surface area contributed by atoms with Crippen molar-refractivity contribution in [3.8, 4) is 16.9 Å². The lowest BCUT2D eigenvalue weighted by Gasteiger charge is -2.38. The maximum Gasteiger partial charge on any atom is 0.157 e. The first kappa shape index (κ1) is 13.4. The third-order valence-electron chi connectivity index (χ3n) is 4.33. The number of hydrogen-bond acceptors (Lipinski definition) is 1. The van der Waals surface area contributed by atoms with Gasteiger partial charge in [-0.2, -0.15) is 0 Å². The van der Waals surface area contributed by atoms with Crippen molar-refractivity contribution >= 4 is 11.6 Å². The molecule has 0 radical (unpaired) electrons. The summed E-state index contributed by atoms with van der Waals surface area (Å²) in [6, 6.07) is 24.5. The molecular formula is C20H15ClO. The van der Waals surface area contributed by atoms with Gasteiger partial charge in [-0.25, -0.2) is 0 Å². The first-order chi connectivity index (χ1) is 10.7. The minimum Gasteiger partial charge on any atom is -0.477 e. The van der Waals surface area contributed by atoms with Crippen molar-refractivity contribution in [3.05, 3.63) is 88.9 Å². The largest absolute Gasteiger partial charge is 0.477 e. The van der Waals surface area contributed by atoms with Crippen LogP contribution in [0.3, 0.4) is 0 Å². The summed E-state index contributed by atoms with van der Waals surface area (Å²) in [4.78, 5) is 0. The Morgan fingerprint density at radius 1 is 0.773 bits per heavy atom. The number of fused-ring (bicyclic) bond motifs is 3. The van der Waals surface area contributed by atoms with Gasteiger partial charge in [0.1, 0.15) is 5.75 Å². The highest BCUT2D eigenvalue weighted by Crippen LogP contribution is 2.47. The Kier molecular flexibility index (Phi) is 2.98. The maximum atomic E-state index is 6.43. The smallest absolute Gasteiger partial charge is 0.157 e. The van der Waals surface area contributed by atoms with E-state index in [1.54, 1.807) is 0 Å². The normalized spacial score (nSPS) is 19.0. The lowest BCUT2D eigenvalue weighted by Crippen LogP contribution is -2.34. The molecule has 0 saturated carbocycles. The second-order valence-electron chi connectivity index (χ2n) is 5.68. The predicted octanol–water partition coefficient (Wildman–Crippen LogP) is 5.66. The molecular weight excluding hydrogens is 292 g/mol. The van der Waals surface area contributed by atoms with Crippen molar-refractivity contribution in [2.45, 2.75) is 12.5 Å². The van der Waals surface area contributed by atoms with Crippen LogP contribution in [0.2, 0.25) is 5.02 Å². The SMILES string of the molecule is CC1(c2ccc(Cl)cc2)Oc2ccccc2-c2ccccc21. The predicted molar refractivity (Wildman–Crippen MR) is 90.4 cm³/mol. The van der Waals surface area contributed by atoms with E-state index in [-0.39, 0.29) is 0 Å². The number of hydrogen-bond donors (Lipinski definition) is 0. The fourth-order valence-electron chi connectivity index (χ4n) is 3.17. The van der Waals surface area contributed by atoms with Gasteiger partial charge in [-0.05, 0) is 36.2 Å². The summed E-state index contributed by atoms with van der Waals surface area (Å²) in [5, 5.41) is 0.733. The molecule has 0 spiro atoms. The van der Waals surface area contributed by atoms with Crippen LogP contribution in [-0.4, -0.2) is 0 Å². The van der Waals surface area contributed by atoms with Gasteiger partial charge in [0.15, 0.2) is 5.60 Å². The molecule has 1 unspecified atom stereocenters. The molecule has 3 aromatic rings. The van der Waals surface area contributed by atoms with E-state index in [4.69, 9.17) is 16.3 Å². The van der Waals surface area contributed by atoms with Crippen LogP contribution in [0.5, 0.6) is 5.75 Å². The molecule has 1 nitrogen and oxygen atoms in total. The topological polar surface area (TPSA) is 9.23 Å². The highest BCUT2D eigenvalue weighted by Gasteiger charge is 2.37. The van der Waals surface area contributed by atoms with E-state index in [0.29, 0.717) is 0 Å². The van der Waals surface area contributed by atoms with Crippen LogP contribution >= 0.6 is 11.6 Å². The molecule has 0 N–H and O–H groups in total. The third kappa shape index (κ3) is 1.93. The zero-order valence-corrected chi connectivity index (χ0v) is 13.0. The Morgan fingerprint density at radius 3 is 2.18 bits per heavy atom. The first-order valence-corrected chi connectivity index (χ1v) is 7.70. The summed E-state index contributed by atoms with van der Waals surface area (Å²) in [6.45, 7) is 2.12. The lowest BCUT2D eigenvalue weighted by atomic mass is 9.81. The van der Waals surface area contributed by atoms with Crippen molar-refractivity contribution in [2.75, 3.05) is 0 Å². The van der Waals surface area contributed by atoms with Crippen molar-refractivity contribution in [1.82, 2.24) is 0 Å². The summed E-state index contributed by atoms with van der Waals surface area (Å²) >= 11 is 6.04. The summed E-state index contributed by atoms with van der Waals surface area (Å²) < 4.78 is 6.43. The van der Waals surface area contributed by atoms with Gasteiger partial charge in [0.25, 0.3) is 0 Å². The zero-order chi connectivity index (χ0) is 15.2. The average molecular weight is 307 g/mol.